The van der Waals surface area contributed by atoms with Gasteiger partial charge < -0.3 is 14.6 Å². The predicted octanol–water partition coefficient (Wildman–Crippen LogP) is 2.16. The third kappa shape index (κ3) is 3.11. The highest BCUT2D eigenvalue weighted by Crippen LogP contribution is 2.22. The lowest BCUT2D eigenvalue weighted by Gasteiger charge is -2.12. The monoisotopic (exact) mass is 353 g/mol. The van der Waals surface area contributed by atoms with Gasteiger partial charge in [0.2, 0.25) is 0 Å². The number of nitrogens with one attached hydrogen (secondary N) is 1. The Morgan fingerprint density at radius 3 is 2.69 bits per heavy atom. The molecule has 0 bridgehead atoms. The molecule has 0 saturated carbocycles. The number of carbonyl (C=O) groups is 3. The highest BCUT2D eigenvalue weighted by molar-refractivity contribution is 6.15. The number of ether oxygens (including phenoxy) is 1. The van der Waals surface area contributed by atoms with Gasteiger partial charge in [-0.3, -0.25) is 9.59 Å². The molecule has 1 aliphatic rings. The molecule has 1 N–H and O–H groups in total. The minimum atomic E-state index is -0.659. The lowest BCUT2D eigenvalue weighted by atomic mass is 10.1. The van der Waals surface area contributed by atoms with Gasteiger partial charge in [0.05, 0.1) is 7.11 Å². The topological polar surface area (TPSA) is 80.6 Å². The molecule has 0 aliphatic carbocycles. The maximum Gasteiger partial charge on any atom is 0.329 e. The zero-order valence-electron chi connectivity index (χ0n) is 14.8. The van der Waals surface area contributed by atoms with Gasteiger partial charge in [-0.25, -0.2) is 9.69 Å². The highest BCUT2D eigenvalue weighted by atomic mass is 16.5. The van der Waals surface area contributed by atoms with E-state index in [1.54, 1.807) is 6.08 Å². The van der Waals surface area contributed by atoms with Gasteiger partial charge >= 0.3 is 12.0 Å². The quantitative estimate of drug-likeness (QED) is 0.519. The fourth-order valence-electron chi connectivity index (χ4n) is 2.78. The van der Waals surface area contributed by atoms with Gasteiger partial charge in [0.25, 0.3) is 5.91 Å². The fourth-order valence-corrected chi connectivity index (χ4v) is 2.78. The van der Waals surface area contributed by atoms with Crippen LogP contribution in [-0.4, -0.2) is 41.0 Å². The Bertz CT molecular complexity index is 927. The van der Waals surface area contributed by atoms with E-state index in [0.29, 0.717) is 0 Å². The Hall–Kier alpha value is -3.35. The number of carbonyl (C=O) groups excluding carboxylic acids is 3. The summed E-state index contributed by atoms with van der Waals surface area (Å²) in [7, 11) is 1.20. The zero-order chi connectivity index (χ0) is 18.8. The maximum atomic E-state index is 12.4. The average Bonchev–Trinajstić information content (AvgIpc) is 3.17. The summed E-state index contributed by atoms with van der Waals surface area (Å²) >= 11 is 0. The van der Waals surface area contributed by atoms with Crippen LogP contribution < -0.4 is 5.32 Å². The molecule has 1 saturated heterocycles. The Morgan fingerprint density at radius 2 is 1.96 bits per heavy atom. The van der Waals surface area contributed by atoms with Crippen molar-refractivity contribution in [2.45, 2.75) is 13.8 Å². The largest absolute Gasteiger partial charge is 0.468 e. The van der Waals surface area contributed by atoms with Crippen molar-refractivity contribution in [1.29, 1.82) is 0 Å². The number of aryl methyl sites for hydroxylation is 1. The summed E-state index contributed by atoms with van der Waals surface area (Å²) in [5, 5.41) is 2.50. The van der Waals surface area contributed by atoms with E-state index in [9.17, 15) is 14.4 Å². The molecule has 1 aliphatic heterocycles. The lowest BCUT2D eigenvalue weighted by Crippen LogP contribution is -2.36. The number of esters is 1. The number of hydrogen-bond donors (Lipinski definition) is 1. The first-order chi connectivity index (χ1) is 12.4. The van der Waals surface area contributed by atoms with Crippen LogP contribution in [0.15, 0.2) is 42.2 Å². The second-order valence-electron chi connectivity index (χ2n) is 5.98. The molecule has 0 atom stereocenters. The Labute approximate surface area is 150 Å². The van der Waals surface area contributed by atoms with Crippen molar-refractivity contribution in [2.75, 3.05) is 13.7 Å². The van der Waals surface area contributed by atoms with Gasteiger partial charge in [-0.2, -0.15) is 0 Å². The van der Waals surface area contributed by atoms with Gasteiger partial charge in [0.15, 0.2) is 0 Å². The molecule has 2 heterocycles. The minimum absolute atomic E-state index is 0.115. The molecule has 1 fully saturated rings. The molecule has 0 spiro atoms. The predicted molar refractivity (Wildman–Crippen MR) is 95.5 cm³/mol. The van der Waals surface area contributed by atoms with Crippen LogP contribution in [0, 0.1) is 13.8 Å². The molecule has 26 heavy (non-hydrogen) atoms. The first-order valence-electron chi connectivity index (χ1n) is 8.07. The molecular formula is C19H19N3O4. The molecule has 3 amide bonds. The smallest absolute Gasteiger partial charge is 0.329 e. The van der Waals surface area contributed by atoms with E-state index in [1.165, 1.54) is 7.11 Å². The standard InChI is InChI=1S/C19H19N3O4/c1-12-6-4-8-16(13(12)2)21-9-5-7-14(21)10-15-18(24)22(19(25)20-15)11-17(23)26-3/h4-10H,11H2,1-3H3,(H,20,25). The molecule has 0 unspecified atom stereocenters. The van der Waals surface area contributed by atoms with Crippen LogP contribution in [0.3, 0.4) is 0 Å². The van der Waals surface area contributed by atoms with Crippen LogP contribution in [0.4, 0.5) is 4.79 Å². The van der Waals surface area contributed by atoms with Gasteiger partial charge in [-0.05, 0) is 49.2 Å². The van der Waals surface area contributed by atoms with E-state index in [4.69, 9.17) is 0 Å². The highest BCUT2D eigenvalue weighted by Gasteiger charge is 2.35. The maximum absolute atomic E-state index is 12.4. The number of amides is 3. The van der Waals surface area contributed by atoms with E-state index < -0.39 is 24.5 Å². The van der Waals surface area contributed by atoms with Crippen molar-refractivity contribution < 1.29 is 19.1 Å². The van der Waals surface area contributed by atoms with Crippen LogP contribution in [0.2, 0.25) is 0 Å². The summed E-state index contributed by atoms with van der Waals surface area (Å²) in [4.78, 5) is 36.6. The van der Waals surface area contributed by atoms with Crippen LogP contribution in [0.5, 0.6) is 0 Å². The van der Waals surface area contributed by atoms with Crippen molar-refractivity contribution in [3.63, 3.8) is 0 Å². The number of rotatable bonds is 4. The molecular weight excluding hydrogens is 334 g/mol. The van der Waals surface area contributed by atoms with E-state index in [0.717, 1.165) is 27.4 Å². The normalized spacial score (nSPS) is 15.5. The number of nitrogens with zero attached hydrogens (tertiary/aromatic N) is 2. The SMILES string of the molecule is COC(=O)CN1C(=O)NC(=Cc2cccn2-c2cccc(C)c2C)C1=O. The van der Waals surface area contributed by atoms with Crippen LogP contribution >= 0.6 is 0 Å². The van der Waals surface area contributed by atoms with E-state index >= 15 is 0 Å². The molecule has 134 valence electrons. The Kier molecular flexibility index (Phi) is 4.62. The summed E-state index contributed by atoms with van der Waals surface area (Å²) in [5.41, 5.74) is 4.12. The number of hydrogen-bond acceptors (Lipinski definition) is 4. The van der Waals surface area contributed by atoms with Gasteiger partial charge in [-0.1, -0.05) is 12.1 Å². The summed E-state index contributed by atoms with van der Waals surface area (Å²) in [6, 6.07) is 9.06. The van der Waals surface area contributed by atoms with Crippen LogP contribution in [0.25, 0.3) is 11.8 Å². The Morgan fingerprint density at radius 1 is 1.19 bits per heavy atom. The van der Waals surface area contributed by atoms with Crippen LogP contribution in [-0.2, 0) is 14.3 Å². The lowest BCUT2D eigenvalue weighted by molar-refractivity contribution is -0.143. The Balaban J connectivity index is 1.94. The van der Waals surface area contributed by atoms with Crippen molar-refractivity contribution >= 4 is 24.0 Å². The third-order valence-electron chi connectivity index (χ3n) is 4.39. The van der Waals surface area contributed by atoms with E-state index in [-0.39, 0.29) is 5.70 Å². The van der Waals surface area contributed by atoms with Gasteiger partial charge in [-0.15, -0.1) is 0 Å². The number of urea groups is 1. The number of aromatic nitrogens is 1. The van der Waals surface area contributed by atoms with Crippen molar-refractivity contribution in [3.05, 3.63) is 59.0 Å². The first kappa shape index (κ1) is 17.5. The summed E-state index contributed by atoms with van der Waals surface area (Å²) in [6.07, 6.45) is 3.49. The van der Waals surface area contributed by atoms with E-state index in [1.807, 2.05) is 54.9 Å². The number of methoxy groups -OCH3 is 1. The summed E-state index contributed by atoms with van der Waals surface area (Å²) in [5.74, 6) is -1.22. The van der Waals surface area contributed by atoms with Gasteiger partial charge in [0, 0.05) is 17.6 Å². The van der Waals surface area contributed by atoms with E-state index in [2.05, 4.69) is 10.1 Å². The second kappa shape index (κ2) is 6.87. The summed E-state index contributed by atoms with van der Waals surface area (Å²) in [6.45, 7) is 3.64. The molecule has 0 radical (unpaired) electrons. The molecule has 1 aromatic heterocycles. The molecule has 7 heteroatoms. The zero-order valence-corrected chi connectivity index (χ0v) is 14.8. The molecule has 2 aromatic rings. The number of benzene rings is 1. The number of imide groups is 1. The third-order valence-corrected chi connectivity index (χ3v) is 4.39. The minimum Gasteiger partial charge on any atom is -0.468 e. The second-order valence-corrected chi connectivity index (χ2v) is 5.98. The molecule has 3 rings (SSSR count). The summed E-state index contributed by atoms with van der Waals surface area (Å²) < 4.78 is 6.46. The van der Waals surface area contributed by atoms with Crippen molar-refractivity contribution in [3.8, 4) is 5.69 Å². The van der Waals surface area contributed by atoms with Crippen molar-refractivity contribution in [2.24, 2.45) is 0 Å². The van der Waals surface area contributed by atoms with Gasteiger partial charge in [0.1, 0.15) is 12.2 Å². The molecule has 1 aromatic carbocycles. The molecule has 7 nitrogen and oxygen atoms in total. The fraction of sp³-hybridized carbons (Fsp3) is 0.211. The average molecular weight is 353 g/mol. The van der Waals surface area contributed by atoms with Crippen molar-refractivity contribution in [1.82, 2.24) is 14.8 Å². The van der Waals surface area contributed by atoms with Crippen LogP contribution in [0.1, 0.15) is 16.8 Å². The first-order valence-corrected chi connectivity index (χ1v) is 8.07.